The molecule has 1 heterocycles. The minimum atomic E-state index is 0. The Labute approximate surface area is 93.8 Å². The molecule has 1 nitrogen and oxygen atoms in total. The molecule has 0 unspecified atom stereocenters. The van der Waals surface area contributed by atoms with E-state index in [0.29, 0.717) is 0 Å². The van der Waals surface area contributed by atoms with Gasteiger partial charge in [-0.2, -0.15) is 0 Å². The van der Waals surface area contributed by atoms with Gasteiger partial charge in [-0.25, -0.2) is 0 Å². The molecule has 1 aliphatic heterocycles. The monoisotopic (exact) mass is 169 g/mol. The summed E-state index contributed by atoms with van der Waals surface area (Å²) in [5.74, 6) is 0. The van der Waals surface area contributed by atoms with Crippen molar-refractivity contribution >= 4 is 5.69 Å². The topological polar surface area (TPSA) is 3.24 Å². The second-order valence-corrected chi connectivity index (χ2v) is 3.48. The molecule has 0 aliphatic carbocycles. The number of nitrogens with zero attached hydrogens (tertiary/aromatic N) is 1. The molecule has 0 amide bonds. The van der Waals surface area contributed by atoms with E-state index in [2.05, 4.69) is 36.1 Å². The average molecular weight is 169 g/mol. The van der Waals surface area contributed by atoms with Gasteiger partial charge in [-0.15, -0.1) is 0 Å². The third-order valence-corrected chi connectivity index (χ3v) is 2.56. The van der Waals surface area contributed by atoms with Gasteiger partial charge in [0.1, 0.15) is 0 Å². The van der Waals surface area contributed by atoms with Gasteiger partial charge in [-0.1, -0.05) is 18.2 Å². The summed E-state index contributed by atoms with van der Waals surface area (Å²) in [4.78, 5) is 2.48. The van der Waals surface area contributed by atoms with Crippen molar-refractivity contribution < 1.29 is 20.3 Å². The quantitative estimate of drug-likeness (QED) is 0.522. The minimum Gasteiger partial charge on any atom is -1.00 e. The van der Waals surface area contributed by atoms with Crippen LogP contribution in [0.2, 0.25) is 0 Å². The van der Waals surface area contributed by atoms with Gasteiger partial charge in [0, 0.05) is 18.8 Å². The summed E-state index contributed by atoms with van der Waals surface area (Å²) < 4.78 is 0. The maximum absolute atomic E-state index is 2.48. The molecule has 1 aromatic rings. The van der Waals surface area contributed by atoms with Gasteiger partial charge < -0.3 is 6.33 Å². The SMILES string of the molecule is Cc1ccccc1N1CCCC1.[H-].[Li+]. The summed E-state index contributed by atoms with van der Waals surface area (Å²) in [6.07, 6.45) is 2.71. The zero-order chi connectivity index (χ0) is 8.39. The van der Waals surface area contributed by atoms with Crippen LogP contribution in [0.25, 0.3) is 0 Å². The first kappa shape index (κ1) is 10.7. The van der Waals surface area contributed by atoms with Gasteiger partial charge in [0.2, 0.25) is 0 Å². The summed E-state index contributed by atoms with van der Waals surface area (Å²) in [5.41, 5.74) is 2.83. The van der Waals surface area contributed by atoms with Gasteiger partial charge in [0.05, 0.1) is 0 Å². The number of para-hydroxylation sites is 1. The standard InChI is InChI=1S/C11H15N.Li.H/c1-10-6-2-3-7-11(10)12-8-4-5-9-12;;/h2-3,6-7H,4-5,8-9H2,1H3;;/q;+1;-1. The molecule has 66 valence electrons. The Hall–Kier alpha value is -0.383. The van der Waals surface area contributed by atoms with Crippen LogP contribution in [0.3, 0.4) is 0 Å². The Morgan fingerprint density at radius 1 is 1.15 bits per heavy atom. The van der Waals surface area contributed by atoms with E-state index in [9.17, 15) is 0 Å². The van der Waals surface area contributed by atoms with Crippen molar-refractivity contribution in [3.63, 3.8) is 0 Å². The van der Waals surface area contributed by atoms with Crippen molar-refractivity contribution in [1.82, 2.24) is 0 Å². The van der Waals surface area contributed by atoms with E-state index in [0.717, 1.165) is 0 Å². The molecule has 0 atom stereocenters. The molecule has 0 saturated carbocycles. The van der Waals surface area contributed by atoms with E-state index in [-0.39, 0.29) is 20.3 Å². The van der Waals surface area contributed by atoms with E-state index < -0.39 is 0 Å². The average Bonchev–Trinajstić information content (AvgIpc) is 2.57. The fourth-order valence-electron chi connectivity index (χ4n) is 1.88. The first-order valence-corrected chi connectivity index (χ1v) is 4.68. The van der Waals surface area contributed by atoms with E-state index >= 15 is 0 Å². The molecule has 0 radical (unpaired) electrons. The molecule has 1 saturated heterocycles. The molecule has 2 heteroatoms. The van der Waals surface area contributed by atoms with Crippen LogP contribution in [0, 0.1) is 6.92 Å². The molecule has 0 aromatic heterocycles. The molecule has 0 bridgehead atoms. The van der Waals surface area contributed by atoms with Crippen LogP contribution in [0.15, 0.2) is 24.3 Å². The van der Waals surface area contributed by atoms with Crippen molar-refractivity contribution in [2.75, 3.05) is 18.0 Å². The fourth-order valence-corrected chi connectivity index (χ4v) is 1.88. The van der Waals surface area contributed by atoms with E-state index in [1.54, 1.807) is 0 Å². The number of rotatable bonds is 1. The maximum Gasteiger partial charge on any atom is 1.00 e. The van der Waals surface area contributed by atoms with Crippen molar-refractivity contribution in [3.8, 4) is 0 Å². The van der Waals surface area contributed by atoms with Crippen LogP contribution in [-0.2, 0) is 0 Å². The molecule has 1 fully saturated rings. The van der Waals surface area contributed by atoms with Gasteiger partial charge >= 0.3 is 18.9 Å². The van der Waals surface area contributed by atoms with Crippen molar-refractivity contribution in [2.24, 2.45) is 0 Å². The zero-order valence-corrected chi connectivity index (χ0v) is 8.59. The molecular formula is C11H16LiN. The number of aryl methyl sites for hydroxylation is 1. The van der Waals surface area contributed by atoms with Crippen LogP contribution < -0.4 is 23.8 Å². The Kier molecular flexibility index (Phi) is 3.90. The number of hydrogen-bond donors (Lipinski definition) is 0. The molecular weight excluding hydrogens is 153 g/mol. The maximum atomic E-state index is 2.48. The summed E-state index contributed by atoms with van der Waals surface area (Å²) in [5, 5.41) is 0. The number of anilines is 1. The first-order chi connectivity index (χ1) is 5.88. The van der Waals surface area contributed by atoms with Gasteiger partial charge in [-0.05, 0) is 31.4 Å². The second-order valence-electron chi connectivity index (χ2n) is 3.48. The van der Waals surface area contributed by atoms with Crippen LogP contribution >= 0.6 is 0 Å². The fraction of sp³-hybridized carbons (Fsp3) is 0.455. The molecule has 0 spiro atoms. The van der Waals surface area contributed by atoms with Gasteiger partial charge in [0.25, 0.3) is 0 Å². The van der Waals surface area contributed by atoms with E-state index in [1.807, 2.05) is 0 Å². The van der Waals surface area contributed by atoms with Crippen molar-refractivity contribution in [2.45, 2.75) is 19.8 Å². The molecule has 0 N–H and O–H groups in total. The molecule has 1 aromatic carbocycles. The summed E-state index contributed by atoms with van der Waals surface area (Å²) >= 11 is 0. The summed E-state index contributed by atoms with van der Waals surface area (Å²) in [6, 6.07) is 8.64. The van der Waals surface area contributed by atoms with Crippen LogP contribution in [0.4, 0.5) is 5.69 Å². The van der Waals surface area contributed by atoms with E-state index in [1.165, 1.54) is 37.2 Å². The van der Waals surface area contributed by atoms with Crippen LogP contribution in [0.1, 0.15) is 19.8 Å². The normalized spacial score (nSPS) is 15.6. The predicted molar refractivity (Wildman–Crippen MR) is 53.7 cm³/mol. The number of hydrogen-bond acceptors (Lipinski definition) is 1. The molecule has 13 heavy (non-hydrogen) atoms. The Morgan fingerprint density at radius 3 is 2.38 bits per heavy atom. The Balaban J connectivity index is 0.000000845. The Morgan fingerprint density at radius 2 is 1.77 bits per heavy atom. The third kappa shape index (κ3) is 2.30. The number of benzene rings is 1. The van der Waals surface area contributed by atoms with Crippen molar-refractivity contribution in [1.29, 1.82) is 0 Å². The van der Waals surface area contributed by atoms with E-state index in [4.69, 9.17) is 0 Å². The summed E-state index contributed by atoms with van der Waals surface area (Å²) in [6.45, 7) is 4.67. The van der Waals surface area contributed by atoms with Crippen molar-refractivity contribution in [3.05, 3.63) is 29.8 Å². The third-order valence-electron chi connectivity index (χ3n) is 2.56. The van der Waals surface area contributed by atoms with Gasteiger partial charge in [0.15, 0.2) is 0 Å². The smallest absolute Gasteiger partial charge is 1.00 e. The second kappa shape index (κ2) is 4.74. The predicted octanol–water partition coefficient (Wildman–Crippen LogP) is -0.288. The largest absolute Gasteiger partial charge is 1.00 e. The van der Waals surface area contributed by atoms with Crippen LogP contribution in [0.5, 0.6) is 0 Å². The summed E-state index contributed by atoms with van der Waals surface area (Å²) in [7, 11) is 0. The molecule has 2 rings (SSSR count). The van der Waals surface area contributed by atoms with Gasteiger partial charge in [-0.3, -0.25) is 0 Å². The molecule has 1 aliphatic rings. The first-order valence-electron chi connectivity index (χ1n) is 4.68. The van der Waals surface area contributed by atoms with Crippen LogP contribution in [-0.4, -0.2) is 13.1 Å². The zero-order valence-electron chi connectivity index (χ0n) is 9.59. The Bertz CT molecular complexity index is 272. The minimum absolute atomic E-state index is 0.